The van der Waals surface area contributed by atoms with Crippen LogP contribution in [0.5, 0.6) is 0 Å². The average molecular weight is 297 g/mol. The molecule has 0 unspecified atom stereocenters. The maximum absolute atomic E-state index is 11.8. The van der Waals surface area contributed by atoms with Crippen LogP contribution < -0.4 is 5.32 Å². The monoisotopic (exact) mass is 296 g/mol. The third kappa shape index (κ3) is 3.80. The first-order valence-corrected chi connectivity index (χ1v) is 5.06. The van der Waals surface area contributed by atoms with Crippen LogP contribution in [0, 0.1) is 6.92 Å². The zero-order chi connectivity index (χ0) is 12.3. The van der Waals surface area contributed by atoms with E-state index in [0.717, 1.165) is 5.56 Å². The van der Waals surface area contributed by atoms with Crippen molar-refractivity contribution < 1.29 is 18.0 Å². The fourth-order valence-corrected chi connectivity index (χ4v) is 1.15. The zero-order valence-corrected chi connectivity index (χ0v) is 9.82. The van der Waals surface area contributed by atoms with Gasteiger partial charge < -0.3 is 5.32 Å². The Morgan fingerprint density at radius 2 is 2.19 bits per heavy atom. The first-order valence-electron chi connectivity index (χ1n) is 4.26. The zero-order valence-electron chi connectivity index (χ0n) is 8.23. The fraction of sp³-hybridized carbons (Fsp3) is 0.333. The van der Waals surface area contributed by atoms with Crippen LogP contribution in [0.2, 0.25) is 0 Å². The minimum atomic E-state index is -4.42. The molecule has 16 heavy (non-hydrogen) atoms. The molecule has 0 aromatic carbocycles. The van der Waals surface area contributed by atoms with Crippen molar-refractivity contribution in [1.29, 1.82) is 0 Å². The van der Waals surface area contributed by atoms with Crippen LogP contribution >= 0.6 is 15.9 Å². The lowest BCUT2D eigenvalue weighted by atomic mass is 10.2. The number of aryl methyl sites for hydroxylation is 1. The number of nitrogens with one attached hydrogen (secondary N) is 1. The Labute approximate surface area is 98.2 Å². The van der Waals surface area contributed by atoms with E-state index in [1.165, 1.54) is 12.3 Å². The molecule has 1 aromatic heterocycles. The van der Waals surface area contributed by atoms with Gasteiger partial charge in [0.15, 0.2) is 0 Å². The van der Waals surface area contributed by atoms with Crippen molar-refractivity contribution >= 4 is 21.8 Å². The van der Waals surface area contributed by atoms with Gasteiger partial charge in [-0.2, -0.15) is 13.2 Å². The number of rotatable bonds is 2. The van der Waals surface area contributed by atoms with Crippen molar-refractivity contribution in [2.75, 3.05) is 6.54 Å². The molecule has 88 valence electrons. The summed E-state index contributed by atoms with van der Waals surface area (Å²) in [7, 11) is 0. The van der Waals surface area contributed by atoms with Gasteiger partial charge >= 0.3 is 6.18 Å². The number of pyridine rings is 1. The predicted molar refractivity (Wildman–Crippen MR) is 55.1 cm³/mol. The van der Waals surface area contributed by atoms with E-state index in [-0.39, 0.29) is 5.69 Å². The van der Waals surface area contributed by atoms with Crippen molar-refractivity contribution in [3.63, 3.8) is 0 Å². The SMILES string of the molecule is Cc1cc(C(=O)NCC(F)(F)F)ncc1Br. The molecule has 0 radical (unpaired) electrons. The molecule has 3 nitrogen and oxygen atoms in total. The van der Waals surface area contributed by atoms with Crippen LogP contribution in [-0.4, -0.2) is 23.6 Å². The van der Waals surface area contributed by atoms with Crippen molar-refractivity contribution in [2.45, 2.75) is 13.1 Å². The van der Waals surface area contributed by atoms with E-state index in [1.807, 2.05) is 0 Å². The third-order valence-corrected chi connectivity index (χ3v) is 2.56. The van der Waals surface area contributed by atoms with Crippen LogP contribution in [0.1, 0.15) is 16.1 Å². The van der Waals surface area contributed by atoms with Gasteiger partial charge in [0, 0.05) is 10.7 Å². The molecule has 0 spiro atoms. The lowest BCUT2D eigenvalue weighted by Gasteiger charge is -2.08. The molecule has 0 atom stereocenters. The smallest absolute Gasteiger partial charge is 0.342 e. The molecular weight excluding hydrogens is 289 g/mol. The number of amides is 1. The molecular formula is C9H8BrF3N2O. The van der Waals surface area contributed by atoms with Gasteiger partial charge in [0.1, 0.15) is 12.2 Å². The number of hydrogen-bond acceptors (Lipinski definition) is 2. The number of halogens is 4. The molecule has 0 aliphatic heterocycles. The Morgan fingerprint density at radius 3 is 2.69 bits per heavy atom. The van der Waals surface area contributed by atoms with Gasteiger partial charge in [-0.25, -0.2) is 4.98 Å². The van der Waals surface area contributed by atoms with Crippen LogP contribution in [0.15, 0.2) is 16.7 Å². The number of hydrogen-bond donors (Lipinski definition) is 1. The Balaban J connectivity index is 2.70. The molecule has 1 heterocycles. The van der Waals surface area contributed by atoms with Crippen LogP contribution in [0.25, 0.3) is 0 Å². The topological polar surface area (TPSA) is 42.0 Å². The normalized spacial score (nSPS) is 11.3. The van der Waals surface area contributed by atoms with Gasteiger partial charge in [-0.1, -0.05) is 0 Å². The Kier molecular flexibility index (Phi) is 3.90. The van der Waals surface area contributed by atoms with Gasteiger partial charge in [-0.15, -0.1) is 0 Å². The summed E-state index contributed by atoms with van der Waals surface area (Å²) in [6.45, 7) is 0.356. The van der Waals surface area contributed by atoms with Crippen molar-refractivity contribution in [1.82, 2.24) is 10.3 Å². The lowest BCUT2D eigenvalue weighted by Crippen LogP contribution is -2.34. The van der Waals surface area contributed by atoms with E-state index < -0.39 is 18.6 Å². The highest BCUT2D eigenvalue weighted by Crippen LogP contribution is 2.15. The first-order chi connectivity index (χ1) is 7.29. The minimum Gasteiger partial charge on any atom is -0.342 e. The summed E-state index contributed by atoms with van der Waals surface area (Å²) in [5.41, 5.74) is 0.692. The summed E-state index contributed by atoms with van der Waals surface area (Å²) in [6.07, 6.45) is -3.04. The van der Waals surface area contributed by atoms with E-state index in [0.29, 0.717) is 4.47 Å². The fourth-order valence-electron chi connectivity index (χ4n) is 0.935. The number of carbonyl (C=O) groups is 1. The van der Waals surface area contributed by atoms with E-state index in [9.17, 15) is 18.0 Å². The Morgan fingerprint density at radius 1 is 1.56 bits per heavy atom. The van der Waals surface area contributed by atoms with Crippen molar-refractivity contribution in [2.24, 2.45) is 0 Å². The maximum Gasteiger partial charge on any atom is 0.405 e. The second kappa shape index (κ2) is 4.82. The van der Waals surface area contributed by atoms with Gasteiger partial charge in [0.05, 0.1) is 0 Å². The second-order valence-electron chi connectivity index (χ2n) is 3.12. The molecule has 0 fully saturated rings. The van der Waals surface area contributed by atoms with Crippen molar-refractivity contribution in [3.8, 4) is 0 Å². The summed E-state index contributed by atoms with van der Waals surface area (Å²) in [6, 6.07) is 1.41. The molecule has 0 aliphatic rings. The van der Waals surface area contributed by atoms with E-state index in [2.05, 4.69) is 20.9 Å². The van der Waals surface area contributed by atoms with E-state index >= 15 is 0 Å². The molecule has 0 saturated carbocycles. The molecule has 7 heteroatoms. The Bertz CT molecular complexity index is 406. The largest absolute Gasteiger partial charge is 0.405 e. The van der Waals surface area contributed by atoms with E-state index in [1.54, 1.807) is 12.2 Å². The molecule has 1 aromatic rings. The maximum atomic E-state index is 11.8. The highest BCUT2D eigenvalue weighted by atomic mass is 79.9. The van der Waals surface area contributed by atoms with Crippen molar-refractivity contribution in [3.05, 3.63) is 28.0 Å². The van der Waals surface area contributed by atoms with Gasteiger partial charge in [-0.05, 0) is 34.5 Å². The Hall–Kier alpha value is -1.11. The lowest BCUT2D eigenvalue weighted by molar-refractivity contribution is -0.123. The van der Waals surface area contributed by atoms with E-state index in [4.69, 9.17) is 0 Å². The highest BCUT2D eigenvalue weighted by Gasteiger charge is 2.28. The second-order valence-corrected chi connectivity index (χ2v) is 3.97. The summed E-state index contributed by atoms with van der Waals surface area (Å²) in [4.78, 5) is 15.0. The summed E-state index contributed by atoms with van der Waals surface area (Å²) < 4.78 is 36.2. The standard InChI is InChI=1S/C9H8BrF3N2O/c1-5-2-7(14-3-6(5)10)8(16)15-4-9(11,12)13/h2-3H,4H2,1H3,(H,15,16). The van der Waals surface area contributed by atoms with Gasteiger partial charge in [-0.3, -0.25) is 4.79 Å². The number of aromatic nitrogens is 1. The number of nitrogens with zero attached hydrogens (tertiary/aromatic N) is 1. The molecule has 0 aliphatic carbocycles. The molecule has 0 saturated heterocycles. The highest BCUT2D eigenvalue weighted by molar-refractivity contribution is 9.10. The third-order valence-electron chi connectivity index (χ3n) is 1.73. The number of carbonyl (C=O) groups excluding carboxylic acids is 1. The average Bonchev–Trinajstić information content (AvgIpc) is 2.17. The predicted octanol–water partition coefficient (Wildman–Crippen LogP) is 2.44. The summed E-state index contributed by atoms with van der Waals surface area (Å²) in [5, 5.41) is 1.74. The first kappa shape index (κ1) is 13.0. The van der Waals surface area contributed by atoms with Gasteiger partial charge in [0.2, 0.25) is 0 Å². The van der Waals surface area contributed by atoms with Gasteiger partial charge in [0.25, 0.3) is 5.91 Å². The molecule has 1 rings (SSSR count). The number of alkyl halides is 3. The molecule has 0 bridgehead atoms. The van der Waals surface area contributed by atoms with Crippen LogP contribution in [0.3, 0.4) is 0 Å². The van der Waals surface area contributed by atoms with Crippen LogP contribution in [-0.2, 0) is 0 Å². The minimum absolute atomic E-state index is 0.0371. The molecule has 1 amide bonds. The van der Waals surface area contributed by atoms with Crippen LogP contribution in [0.4, 0.5) is 13.2 Å². The quantitative estimate of drug-likeness (QED) is 0.911. The summed E-state index contributed by atoms with van der Waals surface area (Å²) >= 11 is 3.18. The molecule has 1 N–H and O–H groups in total. The summed E-state index contributed by atoms with van der Waals surface area (Å²) in [5.74, 6) is -0.840.